The molecule has 2 atom stereocenters. The van der Waals surface area contributed by atoms with Crippen molar-refractivity contribution in [2.45, 2.75) is 44.5 Å². The van der Waals surface area contributed by atoms with Crippen LogP contribution in [0.15, 0.2) is 61.4 Å². The molecular weight excluding hydrogens is 416 g/mol. The van der Waals surface area contributed by atoms with Crippen molar-refractivity contribution in [1.82, 2.24) is 29.5 Å². The van der Waals surface area contributed by atoms with Crippen LogP contribution in [-0.4, -0.2) is 67.3 Å². The van der Waals surface area contributed by atoms with E-state index in [4.69, 9.17) is 4.74 Å². The van der Waals surface area contributed by atoms with Gasteiger partial charge in [-0.2, -0.15) is 5.10 Å². The SMILES string of the molecule is CC(C)n1cc(CN2C[C@@H](c3cccnc3)[C@]3(C2)OCCN(Cc2ccncc2)C3=O)cn1. The van der Waals surface area contributed by atoms with E-state index in [2.05, 4.69) is 46.1 Å². The lowest BCUT2D eigenvalue weighted by Crippen LogP contribution is -2.59. The van der Waals surface area contributed by atoms with Gasteiger partial charge in [0.1, 0.15) is 0 Å². The highest BCUT2D eigenvalue weighted by molar-refractivity contribution is 5.88. The van der Waals surface area contributed by atoms with Crippen LogP contribution in [0, 0.1) is 0 Å². The zero-order valence-electron chi connectivity index (χ0n) is 19.2. The van der Waals surface area contributed by atoms with E-state index in [-0.39, 0.29) is 11.8 Å². The first-order chi connectivity index (χ1) is 16.0. The second-order valence-electron chi connectivity index (χ2n) is 9.25. The number of aromatic nitrogens is 4. The monoisotopic (exact) mass is 446 g/mol. The maximum Gasteiger partial charge on any atom is 0.257 e. The molecule has 0 unspecified atom stereocenters. The topological polar surface area (TPSA) is 76.4 Å². The maximum atomic E-state index is 14.0. The van der Waals surface area contributed by atoms with Gasteiger partial charge in [0.05, 0.1) is 12.8 Å². The highest BCUT2D eigenvalue weighted by Gasteiger charge is 2.57. The number of amides is 1. The van der Waals surface area contributed by atoms with Crippen molar-refractivity contribution in [3.63, 3.8) is 0 Å². The first-order valence-electron chi connectivity index (χ1n) is 11.5. The van der Waals surface area contributed by atoms with E-state index in [1.54, 1.807) is 18.6 Å². The number of pyridine rings is 2. The number of likely N-dealkylation sites (tertiary alicyclic amines) is 1. The highest BCUT2D eigenvalue weighted by atomic mass is 16.5. The van der Waals surface area contributed by atoms with Crippen molar-refractivity contribution >= 4 is 5.91 Å². The summed E-state index contributed by atoms with van der Waals surface area (Å²) in [6.07, 6.45) is 11.2. The Bertz CT molecular complexity index is 1090. The van der Waals surface area contributed by atoms with Crippen LogP contribution in [0.4, 0.5) is 0 Å². The first kappa shape index (κ1) is 21.7. The normalized spacial score (nSPS) is 23.7. The van der Waals surface area contributed by atoms with Crippen molar-refractivity contribution in [2.24, 2.45) is 0 Å². The predicted octanol–water partition coefficient (Wildman–Crippen LogP) is 2.65. The van der Waals surface area contributed by atoms with Crippen molar-refractivity contribution in [3.05, 3.63) is 78.1 Å². The molecule has 2 aliphatic rings. The van der Waals surface area contributed by atoms with Gasteiger partial charge in [-0.15, -0.1) is 0 Å². The van der Waals surface area contributed by atoms with Crippen LogP contribution >= 0.6 is 0 Å². The molecule has 2 saturated heterocycles. The Kier molecular flexibility index (Phi) is 5.95. The van der Waals surface area contributed by atoms with Crippen LogP contribution in [0.25, 0.3) is 0 Å². The van der Waals surface area contributed by atoms with Gasteiger partial charge in [0.2, 0.25) is 0 Å². The standard InChI is InChI=1S/C25H30N6O2/c1-19(2)31-16-21(12-28-31)14-29-17-23(22-4-3-7-27-13-22)25(18-29)24(32)30(10-11-33-25)15-20-5-8-26-9-6-20/h3-9,12-13,16,19,23H,10-11,14-15,17-18H2,1-2H3/t23-,25-/m0/s1. The Balaban J connectivity index is 1.42. The predicted molar refractivity (Wildman–Crippen MR) is 123 cm³/mol. The Morgan fingerprint density at radius 3 is 2.67 bits per heavy atom. The number of rotatable bonds is 6. The zero-order valence-corrected chi connectivity index (χ0v) is 19.2. The minimum Gasteiger partial charge on any atom is -0.361 e. The van der Waals surface area contributed by atoms with Crippen LogP contribution in [0.3, 0.4) is 0 Å². The lowest BCUT2D eigenvalue weighted by atomic mass is 9.83. The lowest BCUT2D eigenvalue weighted by Gasteiger charge is -2.42. The molecule has 0 aliphatic carbocycles. The molecule has 2 fully saturated rings. The molecule has 172 valence electrons. The molecule has 8 nitrogen and oxygen atoms in total. The second-order valence-corrected chi connectivity index (χ2v) is 9.25. The van der Waals surface area contributed by atoms with Gasteiger partial charge in [0.15, 0.2) is 5.60 Å². The fourth-order valence-electron chi connectivity index (χ4n) is 4.98. The third kappa shape index (κ3) is 4.28. The molecular formula is C25H30N6O2. The zero-order chi connectivity index (χ0) is 22.8. The summed E-state index contributed by atoms with van der Waals surface area (Å²) in [5, 5.41) is 4.48. The van der Waals surface area contributed by atoms with Crippen LogP contribution in [0.5, 0.6) is 0 Å². The molecule has 5 rings (SSSR count). The van der Waals surface area contributed by atoms with E-state index in [0.717, 1.165) is 29.8 Å². The molecule has 0 bridgehead atoms. The van der Waals surface area contributed by atoms with E-state index in [0.29, 0.717) is 32.3 Å². The fraction of sp³-hybridized carbons (Fsp3) is 0.440. The molecule has 1 spiro atoms. The van der Waals surface area contributed by atoms with Gasteiger partial charge in [-0.05, 0) is 43.2 Å². The molecule has 0 aromatic carbocycles. The summed E-state index contributed by atoms with van der Waals surface area (Å²) in [6, 6.07) is 8.22. The van der Waals surface area contributed by atoms with E-state index < -0.39 is 5.60 Å². The molecule has 0 saturated carbocycles. The molecule has 3 aromatic rings. The summed E-state index contributed by atoms with van der Waals surface area (Å²) >= 11 is 0. The van der Waals surface area contributed by atoms with Gasteiger partial charge in [-0.25, -0.2) is 0 Å². The molecule has 33 heavy (non-hydrogen) atoms. The number of ether oxygens (including phenoxy) is 1. The van der Waals surface area contributed by atoms with Gasteiger partial charge in [0, 0.05) is 81.2 Å². The quantitative estimate of drug-likeness (QED) is 0.580. The Morgan fingerprint density at radius 1 is 1.09 bits per heavy atom. The van der Waals surface area contributed by atoms with Crippen LogP contribution in [0.2, 0.25) is 0 Å². The van der Waals surface area contributed by atoms with Crippen LogP contribution in [0.1, 0.15) is 42.5 Å². The third-order valence-corrected chi connectivity index (χ3v) is 6.63. The molecule has 5 heterocycles. The van der Waals surface area contributed by atoms with Gasteiger partial charge in [0.25, 0.3) is 5.91 Å². The number of hydrogen-bond donors (Lipinski definition) is 0. The largest absolute Gasteiger partial charge is 0.361 e. The molecule has 3 aromatic heterocycles. The summed E-state index contributed by atoms with van der Waals surface area (Å²) in [7, 11) is 0. The second kappa shape index (κ2) is 9.03. The van der Waals surface area contributed by atoms with E-state index >= 15 is 0 Å². The average molecular weight is 447 g/mol. The minimum atomic E-state index is -0.914. The number of carbonyl (C=O) groups is 1. The highest BCUT2D eigenvalue weighted by Crippen LogP contribution is 2.42. The number of carbonyl (C=O) groups excluding carboxylic acids is 1. The number of hydrogen-bond acceptors (Lipinski definition) is 6. The van der Waals surface area contributed by atoms with Gasteiger partial charge >= 0.3 is 0 Å². The minimum absolute atomic E-state index is 0.0554. The maximum absolute atomic E-state index is 14.0. The van der Waals surface area contributed by atoms with Crippen LogP contribution < -0.4 is 0 Å². The number of nitrogens with zero attached hydrogens (tertiary/aromatic N) is 6. The average Bonchev–Trinajstić information content (AvgIpc) is 3.44. The van der Waals surface area contributed by atoms with Crippen molar-refractivity contribution in [2.75, 3.05) is 26.2 Å². The van der Waals surface area contributed by atoms with Crippen molar-refractivity contribution in [3.8, 4) is 0 Å². The molecule has 0 N–H and O–H groups in total. The van der Waals surface area contributed by atoms with Crippen molar-refractivity contribution in [1.29, 1.82) is 0 Å². The molecule has 1 amide bonds. The number of morpholine rings is 1. The Labute approximate surface area is 194 Å². The Hall–Kier alpha value is -3.10. The fourth-order valence-corrected chi connectivity index (χ4v) is 4.98. The summed E-state index contributed by atoms with van der Waals surface area (Å²) in [4.78, 5) is 26.6. The summed E-state index contributed by atoms with van der Waals surface area (Å²) in [5.74, 6) is -0.0288. The summed E-state index contributed by atoms with van der Waals surface area (Å²) in [6.45, 7) is 7.91. The van der Waals surface area contributed by atoms with E-state index in [1.165, 1.54) is 0 Å². The smallest absolute Gasteiger partial charge is 0.257 e. The summed E-state index contributed by atoms with van der Waals surface area (Å²) in [5.41, 5.74) is 2.34. The van der Waals surface area contributed by atoms with E-state index in [1.807, 2.05) is 40.2 Å². The van der Waals surface area contributed by atoms with Gasteiger partial charge in [-0.1, -0.05) is 6.07 Å². The first-order valence-corrected chi connectivity index (χ1v) is 11.5. The van der Waals surface area contributed by atoms with Gasteiger partial charge < -0.3 is 9.64 Å². The molecule has 8 heteroatoms. The Morgan fingerprint density at radius 2 is 1.94 bits per heavy atom. The van der Waals surface area contributed by atoms with Crippen LogP contribution in [-0.2, 0) is 22.6 Å². The summed E-state index contributed by atoms with van der Waals surface area (Å²) < 4.78 is 8.36. The lowest BCUT2D eigenvalue weighted by molar-refractivity contribution is -0.173. The molecule has 0 radical (unpaired) electrons. The third-order valence-electron chi connectivity index (χ3n) is 6.63. The van der Waals surface area contributed by atoms with Crippen molar-refractivity contribution < 1.29 is 9.53 Å². The van der Waals surface area contributed by atoms with Gasteiger partial charge in [-0.3, -0.25) is 24.3 Å². The van der Waals surface area contributed by atoms with E-state index in [9.17, 15) is 4.79 Å². The molecule has 2 aliphatic heterocycles.